The minimum Gasteiger partial charge on any atom is -0.491 e. The molecule has 0 atom stereocenters. The fourth-order valence-electron chi connectivity index (χ4n) is 4.10. The van der Waals surface area contributed by atoms with Crippen molar-refractivity contribution in [2.75, 3.05) is 26.6 Å². The van der Waals surface area contributed by atoms with Gasteiger partial charge in [-0.2, -0.15) is 0 Å². The largest absolute Gasteiger partial charge is 0.491 e. The molecule has 0 aliphatic heterocycles. The smallest absolute Gasteiger partial charge is 0.321 e. The second-order valence-electron chi connectivity index (χ2n) is 9.98. The van der Waals surface area contributed by atoms with Crippen LogP contribution in [0.1, 0.15) is 163 Å². The van der Waals surface area contributed by atoms with E-state index in [1.54, 1.807) is 0 Å². The van der Waals surface area contributed by atoms with Crippen LogP contribution in [-0.4, -0.2) is 26.6 Å². The van der Waals surface area contributed by atoms with Crippen molar-refractivity contribution in [2.45, 2.75) is 163 Å². The summed E-state index contributed by atoms with van der Waals surface area (Å²) in [5, 5.41) is 0. The summed E-state index contributed by atoms with van der Waals surface area (Å²) >= 11 is 0. The molecule has 0 saturated heterocycles. The summed E-state index contributed by atoms with van der Waals surface area (Å²) < 4.78 is 24.0. The summed E-state index contributed by atoms with van der Waals surface area (Å²) in [5.41, 5.74) is 0. The zero-order chi connectivity index (χ0) is 25.7. The molecule has 0 bridgehead atoms. The molecule has 0 aromatic rings. The molecule has 0 rings (SSSR count). The summed E-state index contributed by atoms with van der Waals surface area (Å²) in [6.45, 7) is 11.4. The van der Waals surface area contributed by atoms with E-state index in [0.29, 0.717) is 12.6 Å². The molecule has 0 saturated carbocycles. The molecule has 0 aromatic heterocycles. The van der Waals surface area contributed by atoms with Gasteiger partial charge < -0.3 is 18.9 Å². The molecule has 0 aliphatic rings. The zero-order valence-electron chi connectivity index (χ0n) is 24.3. The predicted octanol–water partition coefficient (Wildman–Crippen LogP) is 10.5. The summed E-state index contributed by atoms with van der Waals surface area (Å²) in [6, 6.07) is 0. The molecule has 0 heterocycles. The molecule has 0 amide bonds. The van der Waals surface area contributed by atoms with Gasteiger partial charge >= 0.3 is 5.95 Å². The van der Waals surface area contributed by atoms with Crippen LogP contribution in [0, 0.1) is 0 Å². The van der Waals surface area contributed by atoms with Gasteiger partial charge in [-0.15, -0.1) is 0 Å². The van der Waals surface area contributed by atoms with Gasteiger partial charge in [-0.3, -0.25) is 0 Å². The Morgan fingerprint density at radius 3 is 1.31 bits per heavy atom. The van der Waals surface area contributed by atoms with Gasteiger partial charge in [0.05, 0.1) is 19.8 Å². The Hall–Kier alpha value is -0.900. The third-order valence-electron chi connectivity index (χ3n) is 6.38. The quantitative estimate of drug-likeness (QED) is 0.0583. The van der Waals surface area contributed by atoms with E-state index in [-0.39, 0.29) is 6.79 Å². The Balaban J connectivity index is 4.45. The second kappa shape index (κ2) is 29.3. The summed E-state index contributed by atoms with van der Waals surface area (Å²) in [4.78, 5) is 0. The molecule has 0 spiro atoms. The topological polar surface area (TPSA) is 36.9 Å². The highest BCUT2D eigenvalue weighted by molar-refractivity contribution is 4.95. The van der Waals surface area contributed by atoms with Crippen LogP contribution < -0.4 is 0 Å². The third-order valence-corrected chi connectivity index (χ3v) is 6.38. The van der Waals surface area contributed by atoms with Crippen LogP contribution in [0.5, 0.6) is 0 Å². The van der Waals surface area contributed by atoms with Crippen LogP contribution in [0.15, 0.2) is 11.7 Å². The van der Waals surface area contributed by atoms with Crippen molar-refractivity contribution in [2.24, 2.45) is 0 Å². The van der Waals surface area contributed by atoms with Gasteiger partial charge in [-0.1, -0.05) is 130 Å². The summed E-state index contributed by atoms with van der Waals surface area (Å²) in [7, 11) is 0. The highest BCUT2D eigenvalue weighted by Crippen LogP contribution is 2.18. The monoisotopic (exact) mass is 498 g/mol. The van der Waals surface area contributed by atoms with Crippen LogP contribution in [0.2, 0.25) is 0 Å². The van der Waals surface area contributed by atoms with Crippen LogP contribution >= 0.6 is 0 Å². The number of ether oxygens (including phenoxy) is 4. The van der Waals surface area contributed by atoms with Gasteiger partial charge in [0, 0.05) is 6.42 Å². The molecule has 0 aromatic carbocycles. The molecule has 0 unspecified atom stereocenters. The number of hydrogen-bond acceptors (Lipinski definition) is 4. The Morgan fingerprint density at radius 2 is 0.829 bits per heavy atom. The Bertz CT molecular complexity index is 436. The van der Waals surface area contributed by atoms with E-state index in [1.165, 1.54) is 103 Å². The first-order valence-electron chi connectivity index (χ1n) is 15.5. The molecule has 4 nitrogen and oxygen atoms in total. The first-order chi connectivity index (χ1) is 17.3. The second-order valence-corrected chi connectivity index (χ2v) is 9.98. The van der Waals surface area contributed by atoms with Gasteiger partial charge in [-0.05, 0) is 25.7 Å². The minimum absolute atomic E-state index is 0.245. The highest BCUT2D eigenvalue weighted by atomic mass is 16.7. The molecule has 0 fully saturated rings. The van der Waals surface area contributed by atoms with Crippen LogP contribution in [0.25, 0.3) is 0 Å². The van der Waals surface area contributed by atoms with Crippen LogP contribution in [0.4, 0.5) is 0 Å². The van der Waals surface area contributed by atoms with E-state index < -0.39 is 0 Å². The van der Waals surface area contributed by atoms with Crippen molar-refractivity contribution >= 4 is 0 Å². The zero-order valence-corrected chi connectivity index (χ0v) is 24.3. The van der Waals surface area contributed by atoms with Crippen molar-refractivity contribution < 1.29 is 18.9 Å². The standard InChI is InChI=1S/C31H62O4/c1-5-9-12-15-18-19-22-26-32-29-35-31(34-28-24-21-17-14-11-7-3)30(25-8-4)33-27-23-20-16-13-10-6-2/h5-29H2,1-4H3. The molecule has 4 heteroatoms. The van der Waals surface area contributed by atoms with E-state index in [1.807, 2.05) is 0 Å². The third kappa shape index (κ3) is 24.6. The fourth-order valence-corrected chi connectivity index (χ4v) is 4.10. The SMILES string of the molecule is CCCCCCCCCOCOC(OCCCCCCCC)=C(CCC)OCCCCCCCC. The Kier molecular flexibility index (Phi) is 28.6. The van der Waals surface area contributed by atoms with Gasteiger partial charge in [-0.25, -0.2) is 0 Å². The van der Waals surface area contributed by atoms with Crippen molar-refractivity contribution in [3.8, 4) is 0 Å². The average Bonchev–Trinajstić information content (AvgIpc) is 2.87. The predicted molar refractivity (Wildman–Crippen MR) is 150 cm³/mol. The van der Waals surface area contributed by atoms with Crippen molar-refractivity contribution in [3.05, 3.63) is 11.7 Å². The molecule has 0 N–H and O–H groups in total. The lowest BCUT2D eigenvalue weighted by Crippen LogP contribution is -2.10. The lowest BCUT2D eigenvalue weighted by molar-refractivity contribution is -0.0845. The summed E-state index contributed by atoms with van der Waals surface area (Å²) in [6.07, 6.45) is 26.0. The molecule has 210 valence electrons. The highest BCUT2D eigenvalue weighted by Gasteiger charge is 2.12. The molecular weight excluding hydrogens is 436 g/mol. The van der Waals surface area contributed by atoms with E-state index in [0.717, 1.165) is 51.1 Å². The maximum atomic E-state index is 6.18. The van der Waals surface area contributed by atoms with Gasteiger partial charge in [0.25, 0.3) is 0 Å². The summed E-state index contributed by atoms with van der Waals surface area (Å²) in [5.74, 6) is 1.43. The van der Waals surface area contributed by atoms with Crippen LogP contribution in [-0.2, 0) is 18.9 Å². The van der Waals surface area contributed by atoms with Crippen molar-refractivity contribution in [1.82, 2.24) is 0 Å². The minimum atomic E-state index is 0.245. The maximum Gasteiger partial charge on any atom is 0.321 e. The number of allylic oxidation sites excluding steroid dienone is 1. The Morgan fingerprint density at radius 1 is 0.400 bits per heavy atom. The maximum absolute atomic E-state index is 6.18. The van der Waals surface area contributed by atoms with Crippen molar-refractivity contribution in [3.63, 3.8) is 0 Å². The van der Waals surface area contributed by atoms with E-state index >= 15 is 0 Å². The van der Waals surface area contributed by atoms with Gasteiger partial charge in [0.1, 0.15) is 0 Å². The van der Waals surface area contributed by atoms with E-state index in [2.05, 4.69) is 27.7 Å². The van der Waals surface area contributed by atoms with Gasteiger partial charge in [0.15, 0.2) is 12.6 Å². The molecule has 0 radical (unpaired) electrons. The van der Waals surface area contributed by atoms with Crippen molar-refractivity contribution in [1.29, 1.82) is 0 Å². The van der Waals surface area contributed by atoms with Gasteiger partial charge in [0.2, 0.25) is 0 Å². The fraction of sp³-hybridized carbons (Fsp3) is 0.935. The Labute approximate surface area is 219 Å². The number of rotatable bonds is 29. The number of hydrogen-bond donors (Lipinski definition) is 0. The molecule has 0 aliphatic carbocycles. The van der Waals surface area contributed by atoms with E-state index in [9.17, 15) is 0 Å². The van der Waals surface area contributed by atoms with E-state index in [4.69, 9.17) is 18.9 Å². The molecular formula is C31H62O4. The molecule has 35 heavy (non-hydrogen) atoms. The lowest BCUT2D eigenvalue weighted by atomic mass is 10.1. The number of unbranched alkanes of at least 4 members (excludes halogenated alkanes) is 16. The normalized spacial score (nSPS) is 12.0. The first-order valence-corrected chi connectivity index (χ1v) is 15.5. The average molecular weight is 499 g/mol. The lowest BCUT2D eigenvalue weighted by Gasteiger charge is -2.18. The van der Waals surface area contributed by atoms with Crippen LogP contribution in [0.3, 0.4) is 0 Å². The first kappa shape index (κ1) is 34.1.